The third-order valence-electron chi connectivity index (χ3n) is 3.10. The van der Waals surface area contributed by atoms with Crippen LogP contribution in [-0.2, 0) is 0 Å². The Hall–Kier alpha value is -1.36. The summed E-state index contributed by atoms with van der Waals surface area (Å²) in [6.45, 7) is 4.13. The van der Waals surface area contributed by atoms with E-state index in [1.54, 1.807) is 18.4 Å². The summed E-state index contributed by atoms with van der Waals surface area (Å²) in [5.74, 6) is 6.60. The first-order chi connectivity index (χ1) is 8.67. The van der Waals surface area contributed by atoms with Gasteiger partial charge in [0.25, 0.3) is 0 Å². The van der Waals surface area contributed by atoms with Crippen molar-refractivity contribution in [2.45, 2.75) is 19.9 Å². The van der Waals surface area contributed by atoms with Crippen molar-refractivity contribution in [2.24, 2.45) is 5.84 Å². The Balaban J connectivity index is 2.42. The van der Waals surface area contributed by atoms with Crippen molar-refractivity contribution in [2.75, 3.05) is 7.11 Å². The van der Waals surface area contributed by atoms with Crippen molar-refractivity contribution < 1.29 is 4.74 Å². The van der Waals surface area contributed by atoms with E-state index in [4.69, 9.17) is 10.6 Å². The van der Waals surface area contributed by atoms with Gasteiger partial charge in [0.2, 0.25) is 0 Å². The number of nitrogens with one attached hydrogen (secondary N) is 1. The standard InChI is InChI=1S/C14H18N2OS/c1-9-4-5-11(8-12(9)17-3)13(16-15)14-10(2)6-7-18-14/h4-8,13,16H,15H2,1-3H3. The number of ether oxygens (including phenoxy) is 1. The lowest BCUT2D eigenvalue weighted by Crippen LogP contribution is -2.28. The predicted molar refractivity (Wildman–Crippen MR) is 76.0 cm³/mol. The Kier molecular flexibility index (Phi) is 4.01. The molecular formula is C14H18N2OS. The fraction of sp³-hybridized carbons (Fsp3) is 0.286. The van der Waals surface area contributed by atoms with Crippen LogP contribution in [0.3, 0.4) is 0 Å². The monoisotopic (exact) mass is 262 g/mol. The molecule has 3 N–H and O–H groups in total. The first-order valence-electron chi connectivity index (χ1n) is 5.82. The molecule has 2 aromatic rings. The van der Waals surface area contributed by atoms with Gasteiger partial charge in [-0.2, -0.15) is 0 Å². The molecular weight excluding hydrogens is 244 g/mol. The van der Waals surface area contributed by atoms with Crippen molar-refractivity contribution >= 4 is 11.3 Å². The molecule has 0 saturated carbocycles. The lowest BCUT2D eigenvalue weighted by atomic mass is 10.0. The van der Waals surface area contributed by atoms with E-state index in [2.05, 4.69) is 35.9 Å². The Morgan fingerprint density at radius 1 is 1.22 bits per heavy atom. The number of aryl methyl sites for hydroxylation is 2. The Morgan fingerprint density at radius 2 is 2.00 bits per heavy atom. The second kappa shape index (κ2) is 5.52. The van der Waals surface area contributed by atoms with Gasteiger partial charge in [0, 0.05) is 4.88 Å². The minimum atomic E-state index is 0.0134. The second-order valence-electron chi connectivity index (χ2n) is 4.30. The molecule has 0 spiro atoms. The van der Waals surface area contributed by atoms with Crippen molar-refractivity contribution in [1.82, 2.24) is 5.43 Å². The third-order valence-corrected chi connectivity index (χ3v) is 4.18. The van der Waals surface area contributed by atoms with E-state index in [9.17, 15) is 0 Å². The molecule has 1 unspecified atom stereocenters. The molecule has 18 heavy (non-hydrogen) atoms. The predicted octanol–water partition coefficient (Wildman–Crippen LogP) is 2.93. The van der Waals surface area contributed by atoms with Crippen molar-refractivity contribution in [1.29, 1.82) is 0 Å². The van der Waals surface area contributed by atoms with Crippen LogP contribution in [0, 0.1) is 13.8 Å². The van der Waals surface area contributed by atoms with Crippen molar-refractivity contribution in [3.8, 4) is 5.75 Å². The first-order valence-corrected chi connectivity index (χ1v) is 6.70. The summed E-state index contributed by atoms with van der Waals surface area (Å²) in [5, 5.41) is 2.08. The SMILES string of the molecule is COc1cc(C(NN)c2sccc2C)ccc1C. The van der Waals surface area contributed by atoms with Gasteiger partial charge >= 0.3 is 0 Å². The molecule has 0 fully saturated rings. The van der Waals surface area contributed by atoms with Gasteiger partial charge in [-0.3, -0.25) is 5.84 Å². The number of hydrogen-bond acceptors (Lipinski definition) is 4. The van der Waals surface area contributed by atoms with E-state index in [0.29, 0.717) is 0 Å². The molecule has 1 aromatic carbocycles. The summed E-state index contributed by atoms with van der Waals surface area (Å²) < 4.78 is 5.36. The number of rotatable bonds is 4. The molecule has 4 heteroatoms. The molecule has 0 aliphatic rings. The molecule has 96 valence electrons. The minimum Gasteiger partial charge on any atom is -0.496 e. The summed E-state index contributed by atoms with van der Waals surface area (Å²) in [4.78, 5) is 1.24. The molecule has 1 atom stereocenters. The smallest absolute Gasteiger partial charge is 0.122 e. The molecule has 1 aromatic heterocycles. The maximum Gasteiger partial charge on any atom is 0.122 e. The van der Waals surface area contributed by atoms with Gasteiger partial charge in [-0.25, -0.2) is 5.43 Å². The van der Waals surface area contributed by atoms with Crippen molar-refractivity contribution in [3.05, 3.63) is 51.2 Å². The van der Waals surface area contributed by atoms with E-state index < -0.39 is 0 Å². The first kappa shape index (κ1) is 13.1. The van der Waals surface area contributed by atoms with Gasteiger partial charge in [0.15, 0.2) is 0 Å². The van der Waals surface area contributed by atoms with Crippen molar-refractivity contribution in [3.63, 3.8) is 0 Å². The van der Waals surface area contributed by atoms with Crippen LogP contribution in [0.4, 0.5) is 0 Å². The Labute approximate surface area is 112 Å². The fourth-order valence-corrected chi connectivity index (χ4v) is 3.03. The number of benzene rings is 1. The van der Waals surface area contributed by atoms with E-state index in [1.807, 2.05) is 13.0 Å². The molecule has 0 aliphatic carbocycles. The molecule has 2 rings (SSSR count). The van der Waals surface area contributed by atoms with Crippen LogP contribution in [0.1, 0.15) is 27.6 Å². The maximum atomic E-state index is 5.71. The largest absolute Gasteiger partial charge is 0.496 e. The highest BCUT2D eigenvalue weighted by atomic mass is 32.1. The third kappa shape index (κ3) is 2.41. The summed E-state index contributed by atoms with van der Waals surface area (Å²) in [6.07, 6.45) is 0. The van der Waals surface area contributed by atoms with E-state index in [0.717, 1.165) is 16.9 Å². The van der Waals surface area contributed by atoms with Crippen LogP contribution in [-0.4, -0.2) is 7.11 Å². The molecule has 0 aliphatic heterocycles. The van der Waals surface area contributed by atoms with E-state index >= 15 is 0 Å². The zero-order valence-corrected chi connectivity index (χ0v) is 11.7. The van der Waals surface area contributed by atoms with E-state index in [-0.39, 0.29) is 6.04 Å². The van der Waals surface area contributed by atoms with Crippen LogP contribution in [0.25, 0.3) is 0 Å². The van der Waals surface area contributed by atoms with E-state index in [1.165, 1.54) is 10.4 Å². The second-order valence-corrected chi connectivity index (χ2v) is 5.24. The zero-order chi connectivity index (χ0) is 13.1. The van der Waals surface area contributed by atoms with Crippen LogP contribution in [0.2, 0.25) is 0 Å². The highest BCUT2D eigenvalue weighted by Crippen LogP contribution is 2.31. The highest BCUT2D eigenvalue weighted by Gasteiger charge is 2.17. The lowest BCUT2D eigenvalue weighted by molar-refractivity contribution is 0.410. The Bertz CT molecular complexity index is 536. The van der Waals surface area contributed by atoms with Gasteiger partial charge < -0.3 is 4.74 Å². The number of hydrazine groups is 1. The number of methoxy groups -OCH3 is 1. The molecule has 0 bridgehead atoms. The van der Waals surface area contributed by atoms with Crippen LogP contribution < -0.4 is 16.0 Å². The molecule has 3 nitrogen and oxygen atoms in total. The highest BCUT2D eigenvalue weighted by molar-refractivity contribution is 7.10. The summed E-state index contributed by atoms with van der Waals surface area (Å²) in [6, 6.07) is 8.30. The van der Waals surface area contributed by atoms with Crippen LogP contribution >= 0.6 is 11.3 Å². The average molecular weight is 262 g/mol. The average Bonchev–Trinajstić information content (AvgIpc) is 2.79. The summed E-state index contributed by atoms with van der Waals surface area (Å²) in [7, 11) is 1.69. The summed E-state index contributed by atoms with van der Waals surface area (Å²) >= 11 is 1.71. The van der Waals surface area contributed by atoms with Gasteiger partial charge in [-0.05, 0) is 48.1 Å². The van der Waals surface area contributed by atoms with Gasteiger partial charge in [0.1, 0.15) is 5.75 Å². The fourth-order valence-electron chi connectivity index (χ4n) is 2.02. The zero-order valence-electron chi connectivity index (χ0n) is 10.9. The number of hydrogen-bond donors (Lipinski definition) is 2. The van der Waals surface area contributed by atoms with Gasteiger partial charge in [0.05, 0.1) is 13.2 Å². The van der Waals surface area contributed by atoms with Gasteiger partial charge in [-0.1, -0.05) is 12.1 Å². The number of thiophene rings is 1. The molecule has 0 radical (unpaired) electrons. The normalized spacial score (nSPS) is 12.4. The van der Waals surface area contributed by atoms with Crippen LogP contribution in [0.15, 0.2) is 29.6 Å². The molecule has 1 heterocycles. The van der Waals surface area contributed by atoms with Crippen LogP contribution in [0.5, 0.6) is 5.75 Å². The molecule has 0 saturated heterocycles. The quantitative estimate of drug-likeness (QED) is 0.658. The number of nitrogens with two attached hydrogens (primary N) is 1. The minimum absolute atomic E-state index is 0.0134. The van der Waals surface area contributed by atoms with Gasteiger partial charge in [-0.15, -0.1) is 11.3 Å². The molecule has 0 amide bonds. The topological polar surface area (TPSA) is 47.3 Å². The summed E-state index contributed by atoms with van der Waals surface area (Å²) in [5.41, 5.74) is 6.38. The maximum absolute atomic E-state index is 5.71. The Morgan fingerprint density at radius 3 is 2.56 bits per heavy atom. The lowest BCUT2D eigenvalue weighted by Gasteiger charge is -2.17.